The van der Waals surface area contributed by atoms with Gasteiger partial charge in [-0.05, 0) is 12.1 Å². The minimum atomic E-state index is -3.65. The number of nitrogens with one attached hydrogen (secondary N) is 1. The van der Waals surface area contributed by atoms with Crippen LogP contribution in [-0.4, -0.2) is 30.3 Å². The zero-order chi connectivity index (χ0) is 14.6. The van der Waals surface area contributed by atoms with Crippen molar-refractivity contribution in [2.24, 2.45) is 7.05 Å². The van der Waals surface area contributed by atoms with Crippen molar-refractivity contribution >= 4 is 33.4 Å². The van der Waals surface area contributed by atoms with Gasteiger partial charge in [0.2, 0.25) is 5.03 Å². The van der Waals surface area contributed by atoms with Gasteiger partial charge >= 0.3 is 0 Å². The van der Waals surface area contributed by atoms with E-state index in [4.69, 9.17) is 11.6 Å². The van der Waals surface area contributed by atoms with Crippen LogP contribution in [0.5, 0.6) is 0 Å². The number of halogens is 1. The van der Waals surface area contributed by atoms with Gasteiger partial charge in [-0.1, -0.05) is 29.8 Å². The lowest BCUT2D eigenvalue weighted by atomic mass is 10.4. The number of hydrogen-bond acceptors (Lipinski definition) is 4. The lowest BCUT2D eigenvalue weighted by molar-refractivity contribution is 0.581. The minimum absolute atomic E-state index is 0.105. The van der Waals surface area contributed by atoms with Crippen LogP contribution >= 0.6 is 23.4 Å². The molecule has 0 aliphatic carbocycles. The number of imidazole rings is 1. The van der Waals surface area contributed by atoms with Crippen LogP contribution in [0.15, 0.2) is 46.6 Å². The van der Waals surface area contributed by atoms with E-state index in [1.54, 1.807) is 18.8 Å². The fourth-order valence-electron chi connectivity index (χ4n) is 1.50. The number of hydrogen-bond donors (Lipinski definition) is 1. The van der Waals surface area contributed by atoms with Crippen molar-refractivity contribution < 1.29 is 8.42 Å². The van der Waals surface area contributed by atoms with Gasteiger partial charge in [-0.15, -0.1) is 11.8 Å². The molecule has 8 heteroatoms. The summed E-state index contributed by atoms with van der Waals surface area (Å²) < 4.78 is 27.9. The zero-order valence-corrected chi connectivity index (χ0v) is 13.2. The molecule has 108 valence electrons. The summed E-state index contributed by atoms with van der Waals surface area (Å²) in [5, 5.41) is -0.0282. The first-order valence-electron chi connectivity index (χ1n) is 5.85. The second-order valence-electron chi connectivity index (χ2n) is 4.01. The number of thioether (sulfide) groups is 1. The molecule has 0 saturated carbocycles. The second-order valence-corrected chi connectivity index (χ2v) is 7.22. The first kappa shape index (κ1) is 15.4. The van der Waals surface area contributed by atoms with E-state index in [0.29, 0.717) is 12.3 Å². The maximum Gasteiger partial charge on any atom is 0.261 e. The molecule has 0 fully saturated rings. The van der Waals surface area contributed by atoms with Crippen molar-refractivity contribution in [2.75, 3.05) is 12.3 Å². The van der Waals surface area contributed by atoms with Gasteiger partial charge in [-0.2, -0.15) is 0 Å². The van der Waals surface area contributed by atoms with E-state index in [1.165, 1.54) is 10.9 Å². The monoisotopic (exact) mass is 331 g/mol. The first-order chi connectivity index (χ1) is 9.50. The molecule has 2 aromatic rings. The van der Waals surface area contributed by atoms with Gasteiger partial charge in [0.05, 0.1) is 6.33 Å². The van der Waals surface area contributed by atoms with Crippen LogP contribution in [0.3, 0.4) is 0 Å². The van der Waals surface area contributed by atoms with Crippen LogP contribution in [0.2, 0.25) is 5.15 Å². The van der Waals surface area contributed by atoms with Crippen molar-refractivity contribution in [3.05, 3.63) is 41.8 Å². The highest BCUT2D eigenvalue weighted by molar-refractivity contribution is 7.99. The van der Waals surface area contributed by atoms with Crippen LogP contribution in [0.1, 0.15) is 0 Å². The lowest BCUT2D eigenvalue weighted by Crippen LogP contribution is -2.26. The molecule has 1 heterocycles. The Labute approximate surface area is 127 Å². The SMILES string of the molecule is Cn1cnc(S(=O)(=O)NCCSc2ccccc2)c1Cl. The lowest BCUT2D eigenvalue weighted by Gasteiger charge is -2.05. The average molecular weight is 332 g/mol. The minimum Gasteiger partial charge on any atom is -0.324 e. The molecule has 0 amide bonds. The topological polar surface area (TPSA) is 64.0 Å². The van der Waals surface area contributed by atoms with E-state index in [1.807, 2.05) is 30.3 Å². The largest absolute Gasteiger partial charge is 0.324 e. The van der Waals surface area contributed by atoms with E-state index in [2.05, 4.69) is 9.71 Å². The summed E-state index contributed by atoms with van der Waals surface area (Å²) in [5.74, 6) is 0.633. The molecule has 2 rings (SSSR count). The van der Waals surface area contributed by atoms with Crippen molar-refractivity contribution in [1.82, 2.24) is 14.3 Å². The molecule has 1 aromatic carbocycles. The summed E-state index contributed by atoms with van der Waals surface area (Å²) in [5.41, 5.74) is 0. The third-order valence-electron chi connectivity index (χ3n) is 2.49. The van der Waals surface area contributed by atoms with E-state index in [0.717, 1.165) is 4.90 Å². The van der Waals surface area contributed by atoms with E-state index in [9.17, 15) is 8.42 Å². The van der Waals surface area contributed by atoms with Crippen LogP contribution in [-0.2, 0) is 17.1 Å². The molecular formula is C12H14ClN3O2S2. The van der Waals surface area contributed by atoms with Gasteiger partial charge < -0.3 is 4.57 Å². The zero-order valence-electron chi connectivity index (χ0n) is 10.8. The third kappa shape index (κ3) is 3.76. The summed E-state index contributed by atoms with van der Waals surface area (Å²) in [6, 6.07) is 9.79. The molecule has 1 aromatic heterocycles. The first-order valence-corrected chi connectivity index (χ1v) is 8.70. The van der Waals surface area contributed by atoms with Crippen molar-refractivity contribution in [2.45, 2.75) is 9.92 Å². The maximum absolute atomic E-state index is 12.0. The average Bonchev–Trinajstić information content (AvgIpc) is 2.77. The van der Waals surface area contributed by atoms with Gasteiger partial charge in [0, 0.05) is 24.2 Å². The summed E-state index contributed by atoms with van der Waals surface area (Å²) in [6.45, 7) is 0.314. The summed E-state index contributed by atoms with van der Waals surface area (Å²) in [6.07, 6.45) is 1.37. The molecule has 0 bridgehead atoms. The number of aryl methyl sites for hydroxylation is 1. The molecule has 20 heavy (non-hydrogen) atoms. The van der Waals surface area contributed by atoms with Crippen molar-refractivity contribution in [1.29, 1.82) is 0 Å². The Balaban J connectivity index is 1.89. The maximum atomic E-state index is 12.0. The molecule has 0 saturated heterocycles. The molecule has 5 nitrogen and oxygen atoms in total. The van der Waals surface area contributed by atoms with Gasteiger partial charge in [0.25, 0.3) is 10.0 Å². The van der Waals surface area contributed by atoms with E-state index < -0.39 is 10.0 Å². The molecule has 0 atom stereocenters. The Morgan fingerprint density at radius 1 is 1.35 bits per heavy atom. The predicted molar refractivity (Wildman–Crippen MR) is 80.6 cm³/mol. The summed E-state index contributed by atoms with van der Waals surface area (Å²) in [7, 11) is -2.01. The smallest absolute Gasteiger partial charge is 0.261 e. The Kier molecular flexibility index (Phi) is 5.09. The number of benzene rings is 1. The summed E-state index contributed by atoms with van der Waals surface area (Å²) >= 11 is 7.46. The van der Waals surface area contributed by atoms with E-state index >= 15 is 0 Å². The van der Waals surface area contributed by atoms with Crippen molar-refractivity contribution in [3.63, 3.8) is 0 Å². The summed E-state index contributed by atoms with van der Waals surface area (Å²) in [4.78, 5) is 4.90. The number of sulfonamides is 1. The molecule has 0 aliphatic rings. The highest BCUT2D eigenvalue weighted by Crippen LogP contribution is 2.19. The molecule has 1 N–H and O–H groups in total. The Morgan fingerprint density at radius 2 is 2.05 bits per heavy atom. The highest BCUT2D eigenvalue weighted by Gasteiger charge is 2.21. The van der Waals surface area contributed by atoms with Crippen LogP contribution in [0.4, 0.5) is 0 Å². The fraction of sp³-hybridized carbons (Fsp3) is 0.250. The van der Waals surface area contributed by atoms with Crippen LogP contribution < -0.4 is 4.72 Å². The Morgan fingerprint density at radius 3 is 2.65 bits per heavy atom. The molecular weight excluding hydrogens is 318 g/mol. The third-order valence-corrected chi connectivity index (χ3v) is 5.46. The van der Waals surface area contributed by atoms with Gasteiger partial charge in [0.15, 0.2) is 0 Å². The van der Waals surface area contributed by atoms with Gasteiger partial charge in [0.1, 0.15) is 5.15 Å². The van der Waals surface area contributed by atoms with E-state index in [-0.39, 0.29) is 10.2 Å². The quantitative estimate of drug-likeness (QED) is 0.650. The van der Waals surface area contributed by atoms with Crippen LogP contribution in [0.25, 0.3) is 0 Å². The molecule has 0 radical (unpaired) electrons. The fourth-order valence-corrected chi connectivity index (χ4v) is 3.88. The normalized spacial score (nSPS) is 11.7. The Bertz CT molecular complexity index is 671. The van der Waals surface area contributed by atoms with Crippen LogP contribution in [0, 0.1) is 0 Å². The predicted octanol–water partition coefficient (Wildman–Crippen LogP) is 2.14. The molecule has 0 spiro atoms. The van der Waals surface area contributed by atoms with Gasteiger partial charge in [-0.25, -0.2) is 18.1 Å². The molecule has 0 aliphatic heterocycles. The number of aromatic nitrogens is 2. The number of nitrogens with zero attached hydrogens (tertiary/aromatic N) is 2. The second kappa shape index (κ2) is 6.62. The number of rotatable bonds is 6. The standard InChI is InChI=1S/C12H14ClN3O2S2/c1-16-9-14-12(11(16)13)20(17,18)15-7-8-19-10-5-3-2-4-6-10/h2-6,9,15H,7-8H2,1H3. The van der Waals surface area contributed by atoms with Crippen molar-refractivity contribution in [3.8, 4) is 0 Å². The molecule has 0 unspecified atom stereocenters. The highest BCUT2D eigenvalue weighted by atomic mass is 35.5. The Hall–Kier alpha value is -1.02. The van der Waals surface area contributed by atoms with Gasteiger partial charge in [-0.3, -0.25) is 0 Å².